The van der Waals surface area contributed by atoms with E-state index in [1.807, 2.05) is 6.20 Å². The zero-order valence-electron chi connectivity index (χ0n) is 10.4. The van der Waals surface area contributed by atoms with Crippen LogP contribution in [0.5, 0.6) is 0 Å². The molecule has 3 nitrogen and oxygen atoms in total. The number of imidazole rings is 1. The first-order valence-electron chi connectivity index (χ1n) is 6.72. The highest BCUT2D eigenvalue weighted by Crippen LogP contribution is 2.44. The Morgan fingerprint density at radius 2 is 2.41 bits per heavy atom. The molecule has 0 aliphatic heterocycles. The van der Waals surface area contributed by atoms with Gasteiger partial charge in [0.15, 0.2) is 0 Å². The predicted molar refractivity (Wildman–Crippen MR) is 68.6 cm³/mol. The fraction of sp³-hybridized carbons (Fsp3) is 0.643. The lowest BCUT2D eigenvalue weighted by Crippen LogP contribution is -2.36. The Bertz CT molecular complexity index is 382. The van der Waals surface area contributed by atoms with Gasteiger partial charge < -0.3 is 10.3 Å². The molecule has 3 rings (SSSR count). The van der Waals surface area contributed by atoms with E-state index >= 15 is 0 Å². The summed E-state index contributed by atoms with van der Waals surface area (Å²) >= 11 is 0. The van der Waals surface area contributed by atoms with E-state index < -0.39 is 0 Å². The van der Waals surface area contributed by atoms with Crippen molar-refractivity contribution >= 4 is 0 Å². The van der Waals surface area contributed by atoms with Crippen LogP contribution in [0.1, 0.15) is 25.5 Å². The van der Waals surface area contributed by atoms with E-state index in [2.05, 4.69) is 34.4 Å². The number of aromatic nitrogens is 2. The summed E-state index contributed by atoms with van der Waals surface area (Å²) in [6.07, 6.45) is 12.3. The van der Waals surface area contributed by atoms with Crippen LogP contribution in [-0.2, 0) is 6.42 Å². The van der Waals surface area contributed by atoms with Gasteiger partial charge >= 0.3 is 0 Å². The third-order valence-corrected chi connectivity index (χ3v) is 4.39. The SMILES string of the molecule is CC(NCCc1cnc[nH]1)C1CC2C=CC1C2. The van der Waals surface area contributed by atoms with Gasteiger partial charge in [-0.3, -0.25) is 0 Å². The molecule has 1 saturated carbocycles. The van der Waals surface area contributed by atoms with Crippen molar-refractivity contribution < 1.29 is 0 Å². The highest BCUT2D eigenvalue weighted by Gasteiger charge is 2.38. The number of hydrogen-bond donors (Lipinski definition) is 2. The van der Waals surface area contributed by atoms with Gasteiger partial charge in [-0.15, -0.1) is 0 Å². The summed E-state index contributed by atoms with van der Waals surface area (Å²) in [7, 11) is 0. The van der Waals surface area contributed by atoms with Crippen molar-refractivity contribution in [3.05, 3.63) is 30.4 Å². The molecule has 17 heavy (non-hydrogen) atoms. The third kappa shape index (κ3) is 2.29. The Hall–Kier alpha value is -1.09. The number of aromatic amines is 1. The van der Waals surface area contributed by atoms with E-state index in [0.717, 1.165) is 30.7 Å². The summed E-state index contributed by atoms with van der Waals surface area (Å²) in [6.45, 7) is 3.38. The molecule has 1 aromatic rings. The Morgan fingerprint density at radius 1 is 1.47 bits per heavy atom. The number of hydrogen-bond acceptors (Lipinski definition) is 2. The van der Waals surface area contributed by atoms with Crippen LogP contribution in [0.4, 0.5) is 0 Å². The molecule has 2 aliphatic carbocycles. The van der Waals surface area contributed by atoms with Crippen molar-refractivity contribution in [2.24, 2.45) is 17.8 Å². The standard InChI is InChI=1S/C14H21N3/c1-10(14-7-11-2-3-12(14)6-11)16-5-4-13-8-15-9-17-13/h2-3,8-12,14,16H,4-7H2,1H3,(H,15,17). The van der Waals surface area contributed by atoms with Crippen molar-refractivity contribution in [1.82, 2.24) is 15.3 Å². The molecule has 1 fully saturated rings. The van der Waals surface area contributed by atoms with Crippen LogP contribution in [0.25, 0.3) is 0 Å². The number of fused-ring (bicyclic) bond motifs is 2. The van der Waals surface area contributed by atoms with Gasteiger partial charge in [-0.2, -0.15) is 0 Å². The molecule has 3 heteroatoms. The molecule has 1 heterocycles. The molecule has 4 unspecified atom stereocenters. The van der Waals surface area contributed by atoms with Crippen LogP contribution >= 0.6 is 0 Å². The molecule has 2 aliphatic rings. The molecule has 4 atom stereocenters. The molecule has 0 spiro atoms. The lowest BCUT2D eigenvalue weighted by Gasteiger charge is -2.26. The first-order valence-corrected chi connectivity index (χ1v) is 6.72. The minimum atomic E-state index is 0.637. The van der Waals surface area contributed by atoms with Crippen molar-refractivity contribution in [3.63, 3.8) is 0 Å². The molecule has 1 aromatic heterocycles. The smallest absolute Gasteiger partial charge is 0.0921 e. The Morgan fingerprint density at radius 3 is 3.06 bits per heavy atom. The molecular weight excluding hydrogens is 210 g/mol. The van der Waals surface area contributed by atoms with Gasteiger partial charge in [0.2, 0.25) is 0 Å². The van der Waals surface area contributed by atoms with Crippen LogP contribution in [0.3, 0.4) is 0 Å². The fourth-order valence-corrected chi connectivity index (χ4v) is 3.41. The number of allylic oxidation sites excluding steroid dienone is 2. The van der Waals surface area contributed by atoms with Crippen molar-refractivity contribution in [2.75, 3.05) is 6.54 Å². The summed E-state index contributed by atoms with van der Waals surface area (Å²) in [4.78, 5) is 7.18. The molecule has 92 valence electrons. The zero-order valence-corrected chi connectivity index (χ0v) is 10.4. The minimum Gasteiger partial charge on any atom is -0.348 e. The normalized spacial score (nSPS) is 32.2. The molecule has 2 N–H and O–H groups in total. The molecule has 2 bridgehead atoms. The van der Waals surface area contributed by atoms with E-state index in [-0.39, 0.29) is 0 Å². The first kappa shape index (κ1) is 11.0. The maximum Gasteiger partial charge on any atom is 0.0921 e. The average Bonchev–Trinajstić information content (AvgIpc) is 3.05. The van der Waals surface area contributed by atoms with Crippen LogP contribution < -0.4 is 5.32 Å². The molecule has 0 saturated heterocycles. The quantitative estimate of drug-likeness (QED) is 0.762. The van der Waals surface area contributed by atoms with Crippen LogP contribution in [0.2, 0.25) is 0 Å². The molecule has 0 amide bonds. The van der Waals surface area contributed by atoms with Crippen molar-refractivity contribution in [1.29, 1.82) is 0 Å². The lowest BCUT2D eigenvalue weighted by molar-refractivity contribution is 0.329. The van der Waals surface area contributed by atoms with Crippen LogP contribution in [0, 0.1) is 17.8 Å². The minimum absolute atomic E-state index is 0.637. The topological polar surface area (TPSA) is 40.7 Å². The summed E-state index contributed by atoms with van der Waals surface area (Å²) in [6, 6.07) is 0.637. The molecule has 0 aromatic carbocycles. The maximum absolute atomic E-state index is 4.04. The van der Waals surface area contributed by atoms with Crippen LogP contribution in [0.15, 0.2) is 24.7 Å². The second-order valence-corrected chi connectivity index (χ2v) is 5.51. The summed E-state index contributed by atoms with van der Waals surface area (Å²) in [5, 5.41) is 3.67. The summed E-state index contributed by atoms with van der Waals surface area (Å²) in [5.41, 5.74) is 1.22. The van der Waals surface area contributed by atoms with Gasteiger partial charge in [0, 0.05) is 30.9 Å². The lowest BCUT2D eigenvalue weighted by atomic mass is 9.87. The zero-order chi connectivity index (χ0) is 11.7. The summed E-state index contributed by atoms with van der Waals surface area (Å²) < 4.78 is 0. The average molecular weight is 231 g/mol. The van der Waals surface area contributed by atoms with E-state index in [4.69, 9.17) is 0 Å². The van der Waals surface area contributed by atoms with Crippen molar-refractivity contribution in [2.45, 2.75) is 32.2 Å². The first-order chi connectivity index (χ1) is 8.33. The summed E-state index contributed by atoms with van der Waals surface area (Å²) in [5.74, 6) is 2.57. The van der Waals surface area contributed by atoms with E-state index in [9.17, 15) is 0 Å². The van der Waals surface area contributed by atoms with E-state index in [1.54, 1.807) is 6.33 Å². The third-order valence-electron chi connectivity index (χ3n) is 4.39. The van der Waals surface area contributed by atoms with Gasteiger partial charge in [-0.25, -0.2) is 4.98 Å². The van der Waals surface area contributed by atoms with Crippen LogP contribution in [-0.4, -0.2) is 22.6 Å². The van der Waals surface area contributed by atoms with E-state index in [0.29, 0.717) is 6.04 Å². The second kappa shape index (κ2) is 4.65. The predicted octanol–water partition coefficient (Wildman–Crippen LogP) is 2.14. The van der Waals surface area contributed by atoms with Gasteiger partial charge in [0.25, 0.3) is 0 Å². The number of nitrogens with one attached hydrogen (secondary N) is 2. The number of nitrogens with zero attached hydrogens (tertiary/aromatic N) is 1. The van der Waals surface area contributed by atoms with Gasteiger partial charge in [-0.05, 0) is 37.5 Å². The molecular formula is C14H21N3. The Kier molecular flexibility index (Phi) is 3.02. The van der Waals surface area contributed by atoms with Gasteiger partial charge in [0.1, 0.15) is 0 Å². The Labute approximate surface area is 103 Å². The Balaban J connectivity index is 1.45. The number of rotatable bonds is 5. The molecule has 0 radical (unpaired) electrons. The monoisotopic (exact) mass is 231 g/mol. The highest BCUT2D eigenvalue weighted by atomic mass is 14.9. The van der Waals surface area contributed by atoms with Gasteiger partial charge in [-0.1, -0.05) is 12.2 Å². The second-order valence-electron chi connectivity index (χ2n) is 5.51. The fourth-order valence-electron chi connectivity index (χ4n) is 3.41. The van der Waals surface area contributed by atoms with E-state index in [1.165, 1.54) is 18.5 Å². The highest BCUT2D eigenvalue weighted by molar-refractivity contribution is 5.11. The largest absolute Gasteiger partial charge is 0.348 e. The number of H-pyrrole nitrogens is 1. The van der Waals surface area contributed by atoms with Gasteiger partial charge in [0.05, 0.1) is 6.33 Å². The maximum atomic E-state index is 4.04. The van der Waals surface area contributed by atoms with Crippen molar-refractivity contribution in [3.8, 4) is 0 Å².